The van der Waals surface area contributed by atoms with Gasteiger partial charge in [-0.3, -0.25) is 4.79 Å². The smallest absolute Gasteiger partial charge is 0.341 e. The second kappa shape index (κ2) is 8.61. The molecule has 1 aromatic heterocycles. The number of hydrogen-bond acceptors (Lipinski definition) is 4. The minimum atomic E-state index is -0.416. The summed E-state index contributed by atoms with van der Waals surface area (Å²) in [5.41, 5.74) is 2.12. The number of nitrogens with two attached hydrogens (primary N) is 1. The fraction of sp³-hybridized carbons (Fsp3) is 0.333. The molecule has 0 fully saturated rings. The van der Waals surface area contributed by atoms with Gasteiger partial charge in [0.05, 0.1) is 12.6 Å². The summed E-state index contributed by atoms with van der Waals surface area (Å²) in [4.78, 5) is 24.5. The molecule has 2 rings (SSSR count). The summed E-state index contributed by atoms with van der Waals surface area (Å²) in [6, 6.07) is 9.95. The Bertz CT molecular complexity index is 696. The van der Waals surface area contributed by atoms with Crippen molar-refractivity contribution >= 4 is 28.2 Å². The van der Waals surface area contributed by atoms with Gasteiger partial charge in [0.2, 0.25) is 0 Å². The number of nitrogens with one attached hydrogen (secondary N) is 1. The van der Waals surface area contributed by atoms with Crippen molar-refractivity contribution in [1.82, 2.24) is 0 Å². The highest BCUT2D eigenvalue weighted by Crippen LogP contribution is 2.36. The molecule has 0 unspecified atom stereocenters. The fourth-order valence-electron chi connectivity index (χ4n) is 2.21. The number of anilines is 1. The van der Waals surface area contributed by atoms with Gasteiger partial charge >= 0.3 is 5.97 Å². The van der Waals surface area contributed by atoms with Gasteiger partial charge in [-0.25, -0.2) is 4.79 Å². The lowest BCUT2D eigenvalue weighted by atomic mass is 10.0. The number of ether oxygens (including phenoxy) is 1. The standard InChI is InChI=1S/C18H22N2O3S/c1-4-23-18(22)16-14(13-8-6-5-7-9-13)11-24-17(16)20-15(21)10-19-12(2)3/h5-9,11-12,19H,4,10H2,1-3H3,(H,20,21)/p+1. The number of thiophene rings is 1. The fourth-order valence-corrected chi connectivity index (χ4v) is 3.18. The monoisotopic (exact) mass is 347 g/mol. The summed E-state index contributed by atoms with van der Waals surface area (Å²) in [5.74, 6) is -0.545. The van der Waals surface area contributed by atoms with Crippen LogP contribution in [-0.2, 0) is 9.53 Å². The minimum Gasteiger partial charge on any atom is -0.462 e. The maximum atomic E-state index is 12.4. The third-order valence-electron chi connectivity index (χ3n) is 3.38. The number of amides is 1. The Morgan fingerprint density at radius 3 is 2.58 bits per heavy atom. The van der Waals surface area contributed by atoms with Gasteiger partial charge in [-0.15, -0.1) is 11.3 Å². The lowest BCUT2D eigenvalue weighted by molar-refractivity contribution is -0.672. The largest absolute Gasteiger partial charge is 0.462 e. The van der Waals surface area contributed by atoms with E-state index in [1.54, 1.807) is 6.92 Å². The van der Waals surface area contributed by atoms with Gasteiger partial charge in [0.1, 0.15) is 10.6 Å². The Labute approximate surface area is 146 Å². The van der Waals surface area contributed by atoms with Crippen LogP contribution in [0.2, 0.25) is 0 Å². The molecule has 0 bridgehead atoms. The van der Waals surface area contributed by atoms with Gasteiger partial charge in [-0.05, 0) is 26.3 Å². The molecular weight excluding hydrogens is 324 g/mol. The third-order valence-corrected chi connectivity index (χ3v) is 4.28. The van der Waals surface area contributed by atoms with Gasteiger partial charge < -0.3 is 15.4 Å². The van der Waals surface area contributed by atoms with E-state index in [0.29, 0.717) is 23.2 Å². The van der Waals surface area contributed by atoms with Crippen LogP contribution in [0, 0.1) is 0 Å². The molecule has 6 heteroatoms. The second-order valence-electron chi connectivity index (χ2n) is 5.67. The van der Waals surface area contributed by atoms with Crippen molar-refractivity contribution < 1.29 is 19.6 Å². The molecule has 0 aliphatic rings. The average Bonchev–Trinajstić information content (AvgIpc) is 2.97. The molecule has 3 N–H and O–H groups in total. The van der Waals surface area contributed by atoms with Crippen LogP contribution in [0.4, 0.5) is 5.00 Å². The molecule has 1 amide bonds. The van der Waals surface area contributed by atoms with Crippen molar-refractivity contribution in [2.24, 2.45) is 0 Å². The first-order valence-corrected chi connectivity index (χ1v) is 8.88. The van der Waals surface area contributed by atoms with Gasteiger partial charge in [0, 0.05) is 10.9 Å². The Balaban J connectivity index is 2.29. The summed E-state index contributed by atoms with van der Waals surface area (Å²) < 4.78 is 5.18. The zero-order valence-corrected chi connectivity index (χ0v) is 15.0. The van der Waals surface area contributed by atoms with E-state index in [9.17, 15) is 9.59 Å². The average molecular weight is 347 g/mol. The van der Waals surface area contributed by atoms with Gasteiger partial charge in [-0.1, -0.05) is 30.3 Å². The predicted molar refractivity (Wildman–Crippen MR) is 96.3 cm³/mol. The summed E-state index contributed by atoms with van der Waals surface area (Å²) in [6.07, 6.45) is 0. The SMILES string of the molecule is CCOC(=O)c1c(-c2ccccc2)csc1NC(=O)C[NH2+]C(C)C. The highest BCUT2D eigenvalue weighted by atomic mass is 32.1. The van der Waals surface area contributed by atoms with Crippen molar-refractivity contribution in [2.75, 3.05) is 18.5 Å². The van der Waals surface area contributed by atoms with Crippen LogP contribution in [0.3, 0.4) is 0 Å². The van der Waals surface area contributed by atoms with E-state index in [1.807, 2.05) is 54.9 Å². The van der Waals surface area contributed by atoms with Crippen LogP contribution >= 0.6 is 11.3 Å². The van der Waals surface area contributed by atoms with Gasteiger partial charge in [0.25, 0.3) is 5.91 Å². The Kier molecular flexibility index (Phi) is 6.52. The van der Waals surface area contributed by atoms with Crippen LogP contribution in [0.25, 0.3) is 11.1 Å². The number of rotatable bonds is 7. The van der Waals surface area contributed by atoms with E-state index in [1.165, 1.54) is 11.3 Å². The molecule has 0 aliphatic carbocycles. The van der Waals surface area contributed by atoms with Crippen molar-refractivity contribution in [3.8, 4) is 11.1 Å². The van der Waals surface area contributed by atoms with Crippen molar-refractivity contribution in [3.05, 3.63) is 41.3 Å². The van der Waals surface area contributed by atoms with E-state index < -0.39 is 5.97 Å². The molecule has 0 saturated heterocycles. The van der Waals surface area contributed by atoms with Crippen LogP contribution < -0.4 is 10.6 Å². The van der Waals surface area contributed by atoms with Crippen LogP contribution in [0.5, 0.6) is 0 Å². The van der Waals surface area contributed by atoms with E-state index >= 15 is 0 Å². The van der Waals surface area contributed by atoms with Crippen molar-refractivity contribution in [2.45, 2.75) is 26.8 Å². The Hall–Kier alpha value is -2.18. The highest BCUT2D eigenvalue weighted by Gasteiger charge is 2.23. The molecule has 0 aliphatic heterocycles. The van der Waals surface area contributed by atoms with Crippen molar-refractivity contribution in [1.29, 1.82) is 0 Å². The molecule has 1 aromatic carbocycles. The predicted octanol–water partition coefficient (Wildman–Crippen LogP) is 2.50. The quantitative estimate of drug-likeness (QED) is 0.756. The first-order chi connectivity index (χ1) is 11.5. The summed E-state index contributed by atoms with van der Waals surface area (Å²) >= 11 is 1.34. The van der Waals surface area contributed by atoms with Crippen LogP contribution in [0.1, 0.15) is 31.1 Å². The first-order valence-electron chi connectivity index (χ1n) is 8.00. The summed E-state index contributed by atoms with van der Waals surface area (Å²) in [6.45, 7) is 6.42. The van der Waals surface area contributed by atoms with E-state index in [4.69, 9.17) is 4.74 Å². The maximum Gasteiger partial charge on any atom is 0.341 e. The molecular formula is C18H23N2O3S+. The molecule has 0 atom stereocenters. The molecule has 5 nitrogen and oxygen atoms in total. The zero-order chi connectivity index (χ0) is 17.5. The number of esters is 1. The third kappa shape index (κ3) is 4.66. The van der Waals surface area contributed by atoms with Gasteiger partial charge in [0.15, 0.2) is 6.54 Å². The number of carbonyl (C=O) groups is 2. The summed E-state index contributed by atoms with van der Waals surface area (Å²) in [7, 11) is 0. The maximum absolute atomic E-state index is 12.4. The van der Waals surface area contributed by atoms with Crippen LogP contribution in [0.15, 0.2) is 35.7 Å². The van der Waals surface area contributed by atoms with Gasteiger partial charge in [-0.2, -0.15) is 0 Å². The molecule has 0 saturated carbocycles. The Morgan fingerprint density at radius 1 is 1.25 bits per heavy atom. The molecule has 128 valence electrons. The van der Waals surface area contributed by atoms with Crippen molar-refractivity contribution in [3.63, 3.8) is 0 Å². The second-order valence-corrected chi connectivity index (χ2v) is 6.55. The van der Waals surface area contributed by atoms with E-state index in [2.05, 4.69) is 5.32 Å². The number of quaternary nitrogens is 1. The number of benzene rings is 1. The van der Waals surface area contributed by atoms with E-state index in [-0.39, 0.29) is 12.5 Å². The molecule has 0 radical (unpaired) electrons. The topological polar surface area (TPSA) is 72.0 Å². The zero-order valence-electron chi connectivity index (χ0n) is 14.2. The highest BCUT2D eigenvalue weighted by molar-refractivity contribution is 7.15. The molecule has 0 spiro atoms. The summed E-state index contributed by atoms with van der Waals surface area (Å²) in [5, 5.41) is 7.19. The minimum absolute atomic E-state index is 0.129. The molecule has 2 aromatic rings. The normalized spacial score (nSPS) is 10.7. The number of hydrogen-bond donors (Lipinski definition) is 2. The Morgan fingerprint density at radius 2 is 1.96 bits per heavy atom. The first kappa shape index (κ1) is 18.2. The molecule has 1 heterocycles. The molecule has 24 heavy (non-hydrogen) atoms. The van der Waals surface area contributed by atoms with E-state index in [0.717, 1.165) is 11.1 Å². The van der Waals surface area contributed by atoms with Crippen LogP contribution in [-0.4, -0.2) is 31.1 Å². The lowest BCUT2D eigenvalue weighted by Crippen LogP contribution is -2.90. The lowest BCUT2D eigenvalue weighted by Gasteiger charge is -2.09. The number of carbonyl (C=O) groups excluding carboxylic acids is 2.